The average Bonchev–Trinajstić information content (AvgIpc) is 2.68. The Morgan fingerprint density at radius 3 is 2.48 bits per heavy atom. The van der Waals surface area contributed by atoms with E-state index >= 15 is 0 Å². The van der Waals surface area contributed by atoms with Crippen LogP contribution in [0.4, 0.5) is 0 Å². The van der Waals surface area contributed by atoms with E-state index < -0.39 is 15.8 Å². The Balaban J connectivity index is 2.17. The van der Waals surface area contributed by atoms with Gasteiger partial charge in [-0.25, -0.2) is 13.4 Å². The van der Waals surface area contributed by atoms with Gasteiger partial charge in [-0.3, -0.25) is 4.79 Å². The third-order valence-corrected chi connectivity index (χ3v) is 6.00. The lowest BCUT2D eigenvalue weighted by Gasteiger charge is -2.00. The minimum Gasteiger partial charge on any atom is -0.481 e. The third kappa shape index (κ3) is 4.29. The summed E-state index contributed by atoms with van der Waals surface area (Å²) < 4.78 is 23.5. The summed E-state index contributed by atoms with van der Waals surface area (Å²) in [5.74, 6) is -0.879. The molecule has 2 aromatic rings. The fraction of sp³-hybridized carbons (Fsp3) is 0.231. The molecule has 5 nitrogen and oxygen atoms in total. The van der Waals surface area contributed by atoms with E-state index in [9.17, 15) is 13.2 Å². The predicted octanol–water partition coefficient (Wildman–Crippen LogP) is 2.63. The molecule has 0 aliphatic heterocycles. The zero-order valence-electron chi connectivity index (χ0n) is 11.4. The summed E-state index contributed by atoms with van der Waals surface area (Å²) in [6.45, 7) is 1.78. The maximum absolute atomic E-state index is 11.4. The van der Waals surface area contributed by atoms with Crippen LogP contribution in [0.2, 0.25) is 0 Å². The first-order valence-electron chi connectivity index (χ1n) is 5.92. The molecule has 0 atom stereocenters. The number of aryl methyl sites for hydroxylation is 1. The van der Waals surface area contributed by atoms with E-state index in [0.29, 0.717) is 0 Å². The summed E-state index contributed by atoms with van der Waals surface area (Å²) in [4.78, 5) is 16.9. The van der Waals surface area contributed by atoms with Crippen molar-refractivity contribution in [1.29, 1.82) is 0 Å². The Labute approximate surface area is 131 Å². The number of aliphatic carboxylic acids is 1. The van der Waals surface area contributed by atoms with Crippen molar-refractivity contribution in [2.24, 2.45) is 0 Å². The van der Waals surface area contributed by atoms with Crippen molar-refractivity contribution in [2.45, 2.75) is 27.5 Å². The second-order valence-corrected chi connectivity index (χ2v) is 8.82. The Hall–Kier alpha value is -1.38. The molecule has 2 rings (SSSR count). The Morgan fingerprint density at radius 2 is 1.95 bits per heavy atom. The van der Waals surface area contributed by atoms with Crippen LogP contribution in [0.5, 0.6) is 0 Å². The van der Waals surface area contributed by atoms with Crippen molar-refractivity contribution < 1.29 is 18.3 Å². The molecule has 1 heterocycles. The highest BCUT2D eigenvalue weighted by atomic mass is 32.2. The number of nitrogens with zero attached hydrogens (tertiary/aromatic N) is 1. The summed E-state index contributed by atoms with van der Waals surface area (Å²) in [5.41, 5.74) is 0.720. The highest BCUT2D eigenvalue weighted by Crippen LogP contribution is 2.33. The molecule has 0 aliphatic rings. The molecule has 1 aromatic heterocycles. The summed E-state index contributed by atoms with van der Waals surface area (Å²) in [6, 6.07) is 6.54. The van der Waals surface area contributed by atoms with Gasteiger partial charge in [-0.2, -0.15) is 0 Å². The van der Waals surface area contributed by atoms with Crippen molar-refractivity contribution >= 4 is 38.9 Å². The first-order valence-corrected chi connectivity index (χ1v) is 9.44. The zero-order valence-corrected chi connectivity index (χ0v) is 13.8. The second-order valence-electron chi connectivity index (χ2n) is 4.40. The van der Waals surface area contributed by atoms with Crippen molar-refractivity contribution in [2.75, 3.05) is 6.26 Å². The molecule has 0 saturated carbocycles. The molecular formula is C13H13NO4S3. The second kappa shape index (κ2) is 6.17. The molecule has 0 bridgehead atoms. The smallest absolute Gasteiger partial charge is 0.308 e. The SMILES string of the molecule is Cc1nc(Sc2ccc(S(C)(=O)=O)cc2)sc1CC(=O)O. The van der Waals surface area contributed by atoms with E-state index in [1.54, 1.807) is 31.2 Å². The van der Waals surface area contributed by atoms with Crippen LogP contribution in [0, 0.1) is 6.92 Å². The number of hydrogen-bond donors (Lipinski definition) is 1. The first kappa shape index (κ1) is 16.0. The van der Waals surface area contributed by atoms with Gasteiger partial charge in [0.25, 0.3) is 0 Å². The van der Waals surface area contributed by atoms with Gasteiger partial charge in [0.2, 0.25) is 0 Å². The van der Waals surface area contributed by atoms with Crippen LogP contribution in [0.1, 0.15) is 10.6 Å². The molecular weight excluding hydrogens is 330 g/mol. The number of rotatable bonds is 5. The highest BCUT2D eigenvalue weighted by Gasteiger charge is 2.12. The first-order chi connectivity index (χ1) is 9.75. The van der Waals surface area contributed by atoms with Crippen molar-refractivity contribution in [1.82, 2.24) is 4.98 Å². The normalized spacial score (nSPS) is 11.5. The third-order valence-electron chi connectivity index (χ3n) is 2.64. The molecule has 0 aliphatic carbocycles. The summed E-state index contributed by atoms with van der Waals surface area (Å²) in [6.07, 6.45) is 1.13. The maximum atomic E-state index is 11.4. The minimum atomic E-state index is -3.20. The van der Waals surface area contributed by atoms with Gasteiger partial charge in [-0.1, -0.05) is 11.8 Å². The van der Waals surface area contributed by atoms with E-state index in [-0.39, 0.29) is 11.3 Å². The van der Waals surface area contributed by atoms with Crippen LogP contribution < -0.4 is 0 Å². The molecule has 8 heteroatoms. The van der Waals surface area contributed by atoms with Crippen LogP contribution in [0.15, 0.2) is 38.4 Å². The molecule has 112 valence electrons. The number of carboxylic acids is 1. The Kier molecular flexibility index (Phi) is 4.70. The standard InChI is InChI=1S/C13H13NO4S3/c1-8-11(7-12(15)16)20-13(14-8)19-9-3-5-10(6-4-9)21(2,17)18/h3-6H,7H2,1-2H3,(H,15,16). The van der Waals surface area contributed by atoms with Gasteiger partial charge in [0.05, 0.1) is 17.0 Å². The molecule has 0 unspecified atom stereocenters. The number of hydrogen-bond acceptors (Lipinski definition) is 6. The quantitative estimate of drug-likeness (QED) is 0.898. The van der Waals surface area contributed by atoms with E-state index in [1.807, 2.05) is 0 Å². The lowest BCUT2D eigenvalue weighted by molar-refractivity contribution is -0.136. The molecule has 0 amide bonds. The lowest BCUT2D eigenvalue weighted by atomic mass is 10.3. The Bertz CT molecular complexity index is 763. The van der Waals surface area contributed by atoms with E-state index in [0.717, 1.165) is 26.1 Å². The van der Waals surface area contributed by atoms with Gasteiger partial charge in [0.15, 0.2) is 14.2 Å². The highest BCUT2D eigenvalue weighted by molar-refractivity contribution is 8.01. The predicted molar refractivity (Wildman–Crippen MR) is 81.9 cm³/mol. The molecule has 0 radical (unpaired) electrons. The van der Waals surface area contributed by atoms with Crippen LogP contribution in [-0.4, -0.2) is 30.7 Å². The van der Waals surface area contributed by atoms with Gasteiger partial charge in [-0.15, -0.1) is 11.3 Å². The van der Waals surface area contributed by atoms with Crippen LogP contribution in [-0.2, 0) is 21.1 Å². The maximum Gasteiger partial charge on any atom is 0.308 e. The molecule has 0 saturated heterocycles. The monoisotopic (exact) mass is 343 g/mol. The zero-order chi connectivity index (χ0) is 15.6. The summed E-state index contributed by atoms with van der Waals surface area (Å²) in [5, 5.41) is 8.81. The number of thiazole rings is 1. The Morgan fingerprint density at radius 1 is 1.33 bits per heavy atom. The molecule has 0 spiro atoms. The van der Waals surface area contributed by atoms with Gasteiger partial charge in [0, 0.05) is 16.0 Å². The van der Waals surface area contributed by atoms with Crippen molar-refractivity contribution in [3.05, 3.63) is 34.8 Å². The van der Waals surface area contributed by atoms with E-state index in [4.69, 9.17) is 5.11 Å². The number of carboxylic acid groups (broad SMARTS) is 1. The van der Waals surface area contributed by atoms with Gasteiger partial charge in [-0.05, 0) is 31.2 Å². The fourth-order valence-corrected chi connectivity index (χ4v) is 4.43. The van der Waals surface area contributed by atoms with E-state index in [1.165, 1.54) is 23.1 Å². The lowest BCUT2D eigenvalue weighted by Crippen LogP contribution is -1.99. The van der Waals surface area contributed by atoms with Crippen molar-refractivity contribution in [3.8, 4) is 0 Å². The van der Waals surface area contributed by atoms with E-state index in [2.05, 4.69) is 4.98 Å². The summed E-state index contributed by atoms with van der Waals surface area (Å²) >= 11 is 2.73. The molecule has 21 heavy (non-hydrogen) atoms. The average molecular weight is 343 g/mol. The number of carbonyl (C=O) groups is 1. The number of sulfone groups is 1. The molecule has 0 fully saturated rings. The molecule has 1 N–H and O–H groups in total. The number of aromatic nitrogens is 1. The van der Waals surface area contributed by atoms with Crippen molar-refractivity contribution in [3.63, 3.8) is 0 Å². The van der Waals surface area contributed by atoms with Gasteiger partial charge in [0.1, 0.15) is 0 Å². The topological polar surface area (TPSA) is 84.3 Å². The molecule has 1 aromatic carbocycles. The summed E-state index contributed by atoms with van der Waals surface area (Å²) in [7, 11) is -3.20. The largest absolute Gasteiger partial charge is 0.481 e. The fourth-order valence-electron chi connectivity index (χ4n) is 1.60. The van der Waals surface area contributed by atoms with Gasteiger partial charge < -0.3 is 5.11 Å². The van der Waals surface area contributed by atoms with Crippen LogP contribution in [0.25, 0.3) is 0 Å². The van der Waals surface area contributed by atoms with Crippen LogP contribution in [0.3, 0.4) is 0 Å². The van der Waals surface area contributed by atoms with Crippen LogP contribution >= 0.6 is 23.1 Å². The van der Waals surface area contributed by atoms with Gasteiger partial charge >= 0.3 is 5.97 Å². The minimum absolute atomic E-state index is 0.0307. The number of benzene rings is 1.